The van der Waals surface area contributed by atoms with Crippen LogP contribution in [-0.2, 0) is 0 Å². The lowest BCUT2D eigenvalue weighted by atomic mass is 10.00. The molecular weight excluding hydrogens is 246 g/mol. The quantitative estimate of drug-likeness (QED) is 0.759. The van der Waals surface area contributed by atoms with Crippen LogP contribution in [0, 0.1) is 13.8 Å². The van der Waals surface area contributed by atoms with E-state index in [1.54, 1.807) is 6.07 Å². The van der Waals surface area contributed by atoms with Crippen molar-refractivity contribution in [3.05, 3.63) is 27.2 Å². The van der Waals surface area contributed by atoms with Crippen LogP contribution in [0.3, 0.4) is 0 Å². The van der Waals surface area contributed by atoms with Gasteiger partial charge in [0.1, 0.15) is 5.75 Å². The van der Waals surface area contributed by atoms with Gasteiger partial charge in [-0.25, -0.2) is 0 Å². The fourth-order valence-electron chi connectivity index (χ4n) is 1.49. The van der Waals surface area contributed by atoms with E-state index in [0.717, 1.165) is 15.6 Å². The Morgan fingerprint density at radius 3 is 2.57 bits per heavy atom. The van der Waals surface area contributed by atoms with Crippen molar-refractivity contribution in [3.63, 3.8) is 0 Å². The third-order valence-electron chi connectivity index (χ3n) is 2.27. The molecule has 0 bridgehead atoms. The van der Waals surface area contributed by atoms with Gasteiger partial charge in [0.05, 0.1) is 6.10 Å². The van der Waals surface area contributed by atoms with E-state index in [2.05, 4.69) is 15.9 Å². The number of rotatable bonds is 2. The third kappa shape index (κ3) is 1.92. The van der Waals surface area contributed by atoms with E-state index in [9.17, 15) is 10.2 Å². The highest BCUT2D eigenvalue weighted by molar-refractivity contribution is 9.10. The molecule has 1 unspecified atom stereocenters. The van der Waals surface area contributed by atoms with Crippen molar-refractivity contribution in [3.8, 4) is 5.75 Å². The third-order valence-corrected chi connectivity index (χ3v) is 3.49. The summed E-state index contributed by atoms with van der Waals surface area (Å²) in [6.45, 7) is 3.82. The molecule has 3 nitrogen and oxygen atoms in total. The largest absolute Gasteiger partial charge is 0.508 e. The fraction of sp³-hybridized carbons (Fsp3) is 0.400. The Bertz CT molecular complexity index is 352. The molecule has 0 aliphatic heterocycles. The molecule has 0 saturated carbocycles. The van der Waals surface area contributed by atoms with Gasteiger partial charge in [0.15, 0.2) is 0 Å². The molecule has 0 radical (unpaired) electrons. The average molecular weight is 260 g/mol. The number of aliphatic hydroxyl groups is 1. The molecule has 1 aromatic rings. The maximum absolute atomic E-state index is 9.66. The molecule has 0 amide bonds. The van der Waals surface area contributed by atoms with Crippen LogP contribution in [0.4, 0.5) is 0 Å². The maximum Gasteiger partial charge on any atom is 0.122 e. The first kappa shape index (κ1) is 11.5. The van der Waals surface area contributed by atoms with E-state index >= 15 is 0 Å². The number of hydrogen-bond acceptors (Lipinski definition) is 3. The van der Waals surface area contributed by atoms with Gasteiger partial charge in [0, 0.05) is 16.6 Å². The summed E-state index contributed by atoms with van der Waals surface area (Å²) in [5, 5.41) is 19.3. The monoisotopic (exact) mass is 259 g/mol. The summed E-state index contributed by atoms with van der Waals surface area (Å²) >= 11 is 3.40. The Morgan fingerprint density at radius 1 is 1.50 bits per heavy atom. The summed E-state index contributed by atoms with van der Waals surface area (Å²) in [4.78, 5) is 0. The molecule has 0 spiro atoms. The van der Waals surface area contributed by atoms with Gasteiger partial charge in [-0.15, -0.1) is 0 Å². The fourth-order valence-corrected chi connectivity index (χ4v) is 1.82. The van der Waals surface area contributed by atoms with Crippen LogP contribution in [0.5, 0.6) is 5.75 Å². The zero-order valence-electron chi connectivity index (χ0n) is 8.21. The van der Waals surface area contributed by atoms with Gasteiger partial charge in [-0.2, -0.15) is 0 Å². The number of hydrogen-bond donors (Lipinski definition) is 3. The number of aryl methyl sites for hydroxylation is 1. The maximum atomic E-state index is 9.66. The van der Waals surface area contributed by atoms with Gasteiger partial charge in [-0.05, 0) is 31.0 Å². The van der Waals surface area contributed by atoms with E-state index < -0.39 is 6.10 Å². The Morgan fingerprint density at radius 2 is 2.07 bits per heavy atom. The number of nitrogens with two attached hydrogens (primary N) is 1. The van der Waals surface area contributed by atoms with Crippen LogP contribution in [-0.4, -0.2) is 16.8 Å². The first-order chi connectivity index (χ1) is 6.49. The van der Waals surface area contributed by atoms with Gasteiger partial charge in [-0.1, -0.05) is 15.9 Å². The molecule has 78 valence electrons. The highest BCUT2D eigenvalue weighted by Gasteiger charge is 2.16. The van der Waals surface area contributed by atoms with Crippen molar-refractivity contribution in [2.45, 2.75) is 20.0 Å². The first-order valence-corrected chi connectivity index (χ1v) is 5.15. The normalized spacial score (nSPS) is 12.9. The standard InChI is InChI=1S/C10H14BrNO2/c1-5-3-7(13)9(8(14)4-12)6(2)10(5)11/h3,8,13-14H,4,12H2,1-2H3. The van der Waals surface area contributed by atoms with Gasteiger partial charge >= 0.3 is 0 Å². The summed E-state index contributed by atoms with van der Waals surface area (Å²) in [5.74, 6) is 0.0983. The average Bonchev–Trinajstić information content (AvgIpc) is 2.14. The van der Waals surface area contributed by atoms with E-state index in [-0.39, 0.29) is 12.3 Å². The summed E-state index contributed by atoms with van der Waals surface area (Å²) in [5.41, 5.74) is 7.63. The van der Waals surface area contributed by atoms with Gasteiger partial charge in [0.2, 0.25) is 0 Å². The summed E-state index contributed by atoms with van der Waals surface area (Å²) in [6, 6.07) is 1.62. The van der Waals surface area contributed by atoms with Crippen molar-refractivity contribution < 1.29 is 10.2 Å². The number of halogens is 1. The minimum atomic E-state index is -0.813. The zero-order valence-corrected chi connectivity index (χ0v) is 9.80. The molecule has 1 rings (SSSR count). The highest BCUT2D eigenvalue weighted by Crippen LogP contribution is 2.34. The van der Waals surface area contributed by atoms with Crippen LogP contribution in [0.1, 0.15) is 22.8 Å². The molecule has 0 heterocycles. The lowest BCUT2D eigenvalue weighted by molar-refractivity contribution is 0.182. The molecule has 0 saturated heterocycles. The Labute approximate surface area is 91.7 Å². The Hall–Kier alpha value is -0.580. The van der Waals surface area contributed by atoms with Crippen LogP contribution in [0.15, 0.2) is 10.5 Å². The molecule has 14 heavy (non-hydrogen) atoms. The number of phenols is 1. The second kappa shape index (κ2) is 4.29. The molecule has 0 aliphatic carbocycles. The molecule has 0 aliphatic rings. The topological polar surface area (TPSA) is 66.5 Å². The number of benzene rings is 1. The number of phenolic OH excluding ortho intramolecular Hbond substituents is 1. The SMILES string of the molecule is Cc1cc(O)c(C(O)CN)c(C)c1Br. The van der Waals surface area contributed by atoms with Gasteiger partial charge < -0.3 is 15.9 Å². The number of aliphatic hydroxyl groups excluding tert-OH is 1. The first-order valence-electron chi connectivity index (χ1n) is 4.35. The highest BCUT2D eigenvalue weighted by atomic mass is 79.9. The molecule has 0 fully saturated rings. The minimum Gasteiger partial charge on any atom is -0.508 e. The van der Waals surface area contributed by atoms with Gasteiger partial charge in [0.25, 0.3) is 0 Å². The molecule has 4 N–H and O–H groups in total. The van der Waals surface area contributed by atoms with Crippen LogP contribution >= 0.6 is 15.9 Å². The number of aromatic hydroxyl groups is 1. The molecule has 0 aromatic heterocycles. The predicted molar refractivity (Wildman–Crippen MR) is 59.3 cm³/mol. The van der Waals surface area contributed by atoms with Crippen molar-refractivity contribution in [1.29, 1.82) is 0 Å². The van der Waals surface area contributed by atoms with Crippen molar-refractivity contribution in [2.75, 3.05) is 6.54 Å². The van der Waals surface area contributed by atoms with Crippen LogP contribution < -0.4 is 5.73 Å². The van der Waals surface area contributed by atoms with E-state index in [1.165, 1.54) is 0 Å². The predicted octanol–water partition coefficient (Wildman–Crippen LogP) is 1.76. The van der Waals surface area contributed by atoms with Crippen molar-refractivity contribution >= 4 is 15.9 Å². The Kier molecular flexibility index (Phi) is 3.53. The second-order valence-corrected chi connectivity index (χ2v) is 4.11. The summed E-state index contributed by atoms with van der Waals surface area (Å²) in [6.07, 6.45) is -0.813. The second-order valence-electron chi connectivity index (χ2n) is 3.32. The molecule has 4 heteroatoms. The summed E-state index contributed by atoms with van der Waals surface area (Å²) in [7, 11) is 0. The zero-order chi connectivity index (χ0) is 10.9. The van der Waals surface area contributed by atoms with E-state index in [1.807, 2.05) is 13.8 Å². The van der Waals surface area contributed by atoms with Crippen LogP contribution in [0.2, 0.25) is 0 Å². The van der Waals surface area contributed by atoms with Crippen molar-refractivity contribution in [2.24, 2.45) is 5.73 Å². The van der Waals surface area contributed by atoms with Crippen molar-refractivity contribution in [1.82, 2.24) is 0 Å². The molecular formula is C10H14BrNO2. The van der Waals surface area contributed by atoms with Gasteiger partial charge in [-0.3, -0.25) is 0 Å². The molecule has 1 aromatic carbocycles. The van der Waals surface area contributed by atoms with E-state index in [4.69, 9.17) is 5.73 Å². The van der Waals surface area contributed by atoms with E-state index in [0.29, 0.717) is 5.56 Å². The lowest BCUT2D eigenvalue weighted by Gasteiger charge is -2.16. The summed E-state index contributed by atoms with van der Waals surface area (Å²) < 4.78 is 0.901. The smallest absolute Gasteiger partial charge is 0.122 e. The lowest BCUT2D eigenvalue weighted by Crippen LogP contribution is -2.13. The minimum absolute atomic E-state index is 0.0983. The van der Waals surface area contributed by atoms with Crippen LogP contribution in [0.25, 0.3) is 0 Å². The molecule has 1 atom stereocenters. The Balaban J connectivity index is 3.36.